The lowest BCUT2D eigenvalue weighted by atomic mass is 9.99. The second kappa shape index (κ2) is 7.70. The summed E-state index contributed by atoms with van der Waals surface area (Å²) < 4.78 is 10.2. The Hall–Kier alpha value is -0.810. The van der Waals surface area contributed by atoms with Gasteiger partial charge in [0, 0.05) is 0 Å². The van der Waals surface area contributed by atoms with Crippen molar-refractivity contribution in [3.63, 3.8) is 0 Å². The number of ether oxygens (including phenoxy) is 2. The highest BCUT2D eigenvalue weighted by Crippen LogP contribution is 2.21. The number of rotatable bonds is 7. The van der Waals surface area contributed by atoms with Gasteiger partial charge in [-0.3, -0.25) is 4.79 Å². The lowest BCUT2D eigenvalue weighted by Crippen LogP contribution is -2.59. The Bertz CT molecular complexity index is 276. The second-order valence-electron chi connectivity index (χ2n) is 4.19. The van der Waals surface area contributed by atoms with Gasteiger partial charge in [0.2, 0.25) is 6.41 Å². The number of carbonyl (C=O) groups excluding carboxylic acids is 1. The van der Waals surface area contributed by atoms with Crippen LogP contribution in [0.3, 0.4) is 0 Å². The average Bonchev–Trinajstić information content (AvgIpc) is 2.42. The van der Waals surface area contributed by atoms with Gasteiger partial charge in [0.15, 0.2) is 6.29 Å². The molecule has 1 aliphatic rings. The summed E-state index contributed by atoms with van der Waals surface area (Å²) in [5, 5.41) is 48.8. The van der Waals surface area contributed by atoms with Gasteiger partial charge in [-0.2, -0.15) is 0 Å². The van der Waals surface area contributed by atoms with Crippen LogP contribution in [0.4, 0.5) is 0 Å². The van der Waals surface area contributed by atoms with E-state index in [2.05, 4.69) is 5.32 Å². The van der Waals surface area contributed by atoms with Crippen molar-refractivity contribution in [2.24, 2.45) is 0 Å². The van der Waals surface area contributed by atoms with E-state index in [1.165, 1.54) is 0 Å². The fraction of sp³-hybridized carbons (Fsp3) is 0.900. The van der Waals surface area contributed by atoms with E-state index in [4.69, 9.17) is 19.7 Å². The first-order chi connectivity index (χ1) is 9.04. The number of hydrogen-bond donors (Lipinski definition) is 6. The minimum atomic E-state index is -1.53. The molecule has 1 amide bonds. The van der Waals surface area contributed by atoms with Crippen LogP contribution >= 0.6 is 0 Å². The molecule has 1 aliphatic heterocycles. The zero-order chi connectivity index (χ0) is 14.4. The Labute approximate surface area is 109 Å². The molecule has 0 spiro atoms. The van der Waals surface area contributed by atoms with E-state index in [9.17, 15) is 20.1 Å². The number of aliphatic hydroxyl groups is 5. The normalized spacial score (nSPS) is 36.8. The first-order valence-electron chi connectivity index (χ1n) is 5.77. The Morgan fingerprint density at radius 2 is 1.89 bits per heavy atom. The standard InChI is InChI=1S/C10H19NO8/c12-1-5(11-4-14)3-18-10-9(17)8(16)7(15)6(2-13)19-10/h4-10,12-13,15-17H,1-3H2,(H,11,14). The molecule has 9 nitrogen and oxygen atoms in total. The van der Waals surface area contributed by atoms with Crippen molar-refractivity contribution in [2.75, 3.05) is 19.8 Å². The molecule has 1 saturated heterocycles. The van der Waals surface area contributed by atoms with Crippen molar-refractivity contribution < 1.29 is 39.8 Å². The highest BCUT2D eigenvalue weighted by Gasteiger charge is 2.44. The molecule has 6 unspecified atom stereocenters. The third-order valence-corrected chi connectivity index (χ3v) is 2.83. The lowest BCUT2D eigenvalue weighted by Gasteiger charge is -2.39. The van der Waals surface area contributed by atoms with Crippen molar-refractivity contribution in [1.82, 2.24) is 5.32 Å². The van der Waals surface area contributed by atoms with Gasteiger partial charge in [-0.15, -0.1) is 0 Å². The SMILES string of the molecule is O=CNC(CO)COC1OC(CO)C(O)C(O)C1O. The molecule has 6 atom stereocenters. The van der Waals surface area contributed by atoms with E-state index in [1.807, 2.05) is 0 Å². The third kappa shape index (κ3) is 4.08. The number of carbonyl (C=O) groups is 1. The van der Waals surface area contributed by atoms with Gasteiger partial charge in [0.05, 0.1) is 25.9 Å². The fourth-order valence-corrected chi connectivity index (χ4v) is 1.67. The van der Waals surface area contributed by atoms with Crippen LogP contribution in [-0.4, -0.2) is 88.5 Å². The fourth-order valence-electron chi connectivity index (χ4n) is 1.67. The van der Waals surface area contributed by atoms with Gasteiger partial charge in [-0.05, 0) is 0 Å². The Morgan fingerprint density at radius 1 is 1.21 bits per heavy atom. The number of amides is 1. The first kappa shape index (κ1) is 16.2. The predicted octanol–water partition coefficient (Wildman–Crippen LogP) is -4.09. The van der Waals surface area contributed by atoms with Crippen LogP contribution in [0.15, 0.2) is 0 Å². The minimum absolute atomic E-state index is 0.169. The summed E-state index contributed by atoms with van der Waals surface area (Å²) in [6.07, 6.45) is -6.44. The van der Waals surface area contributed by atoms with E-state index in [1.54, 1.807) is 0 Å². The average molecular weight is 281 g/mol. The summed E-state index contributed by atoms with van der Waals surface area (Å²) in [7, 11) is 0. The maximum atomic E-state index is 10.2. The van der Waals surface area contributed by atoms with Crippen molar-refractivity contribution in [2.45, 2.75) is 36.7 Å². The topological polar surface area (TPSA) is 149 Å². The Morgan fingerprint density at radius 3 is 2.42 bits per heavy atom. The van der Waals surface area contributed by atoms with Crippen LogP contribution in [0.2, 0.25) is 0 Å². The summed E-state index contributed by atoms with van der Waals surface area (Å²) in [5.41, 5.74) is 0. The molecule has 0 aromatic heterocycles. The van der Waals surface area contributed by atoms with Crippen LogP contribution in [0.1, 0.15) is 0 Å². The molecule has 1 fully saturated rings. The molecule has 9 heteroatoms. The molecule has 0 aromatic carbocycles. The summed E-state index contributed by atoms with van der Waals surface area (Å²) >= 11 is 0. The van der Waals surface area contributed by atoms with Gasteiger partial charge in [-0.25, -0.2) is 0 Å². The van der Waals surface area contributed by atoms with Crippen LogP contribution in [0.5, 0.6) is 0 Å². The van der Waals surface area contributed by atoms with Crippen molar-refractivity contribution >= 4 is 6.41 Å². The van der Waals surface area contributed by atoms with E-state index in [0.29, 0.717) is 6.41 Å². The molecule has 6 N–H and O–H groups in total. The number of nitrogens with one attached hydrogen (secondary N) is 1. The van der Waals surface area contributed by atoms with Crippen LogP contribution in [0, 0.1) is 0 Å². The van der Waals surface area contributed by atoms with Crippen LogP contribution < -0.4 is 5.32 Å². The smallest absolute Gasteiger partial charge is 0.207 e. The molecule has 0 bridgehead atoms. The van der Waals surface area contributed by atoms with E-state index in [-0.39, 0.29) is 13.2 Å². The van der Waals surface area contributed by atoms with Gasteiger partial charge < -0.3 is 40.3 Å². The van der Waals surface area contributed by atoms with Crippen LogP contribution in [-0.2, 0) is 14.3 Å². The lowest BCUT2D eigenvalue weighted by molar-refractivity contribution is -0.302. The van der Waals surface area contributed by atoms with Gasteiger partial charge >= 0.3 is 0 Å². The monoisotopic (exact) mass is 281 g/mol. The number of aliphatic hydroxyl groups excluding tert-OH is 5. The Balaban J connectivity index is 2.54. The molecular formula is C10H19NO8. The molecule has 112 valence electrons. The van der Waals surface area contributed by atoms with E-state index >= 15 is 0 Å². The van der Waals surface area contributed by atoms with E-state index in [0.717, 1.165) is 0 Å². The summed E-state index contributed by atoms with van der Waals surface area (Å²) in [6.45, 7) is -1.10. The zero-order valence-corrected chi connectivity index (χ0v) is 10.1. The zero-order valence-electron chi connectivity index (χ0n) is 10.1. The molecule has 0 radical (unpaired) electrons. The highest BCUT2D eigenvalue weighted by atomic mass is 16.7. The molecule has 0 saturated carbocycles. The third-order valence-electron chi connectivity index (χ3n) is 2.83. The minimum Gasteiger partial charge on any atom is -0.394 e. The molecule has 1 heterocycles. The van der Waals surface area contributed by atoms with Gasteiger partial charge in [0.1, 0.15) is 24.4 Å². The molecule has 19 heavy (non-hydrogen) atoms. The Kier molecular flexibility index (Phi) is 6.58. The summed E-state index contributed by atoms with van der Waals surface area (Å²) in [4.78, 5) is 10.2. The predicted molar refractivity (Wildman–Crippen MR) is 59.8 cm³/mol. The second-order valence-corrected chi connectivity index (χ2v) is 4.19. The summed E-state index contributed by atoms with van der Waals surface area (Å²) in [5.74, 6) is 0. The molecule has 0 aliphatic carbocycles. The van der Waals surface area contributed by atoms with Crippen LogP contribution in [0.25, 0.3) is 0 Å². The van der Waals surface area contributed by atoms with Gasteiger partial charge in [-0.1, -0.05) is 0 Å². The molecular weight excluding hydrogens is 262 g/mol. The first-order valence-corrected chi connectivity index (χ1v) is 5.77. The maximum Gasteiger partial charge on any atom is 0.207 e. The summed E-state index contributed by atoms with van der Waals surface area (Å²) in [6, 6.07) is -0.690. The number of hydrogen-bond acceptors (Lipinski definition) is 8. The molecule has 1 rings (SSSR count). The quantitative estimate of drug-likeness (QED) is 0.258. The molecule has 0 aromatic rings. The van der Waals surface area contributed by atoms with E-state index < -0.39 is 43.4 Å². The van der Waals surface area contributed by atoms with Crippen molar-refractivity contribution in [3.8, 4) is 0 Å². The maximum absolute atomic E-state index is 10.2. The van der Waals surface area contributed by atoms with Crippen molar-refractivity contribution in [1.29, 1.82) is 0 Å². The largest absolute Gasteiger partial charge is 0.394 e. The highest BCUT2D eigenvalue weighted by molar-refractivity contribution is 5.46. The van der Waals surface area contributed by atoms with Gasteiger partial charge in [0.25, 0.3) is 0 Å². The van der Waals surface area contributed by atoms with Crippen molar-refractivity contribution in [3.05, 3.63) is 0 Å².